The summed E-state index contributed by atoms with van der Waals surface area (Å²) in [6.45, 7) is 7.06. The SMILES string of the molecule is CNC(=O)COc1cc2cc(Nc3nc(Cl)ncc3Cl)ccc2n(CC[C@H]2CNC[C@H](N(C)C(=O)OC(C)(C)C)C2)c1=O. The summed E-state index contributed by atoms with van der Waals surface area (Å²) in [6, 6.07) is 7.05. The highest BCUT2D eigenvalue weighted by Crippen LogP contribution is 2.28. The molecule has 2 atom stereocenters. The average molecular weight is 635 g/mol. The van der Waals surface area contributed by atoms with Gasteiger partial charge < -0.3 is 34.9 Å². The summed E-state index contributed by atoms with van der Waals surface area (Å²) in [4.78, 5) is 47.7. The molecule has 14 heteroatoms. The second-order valence-electron chi connectivity index (χ2n) is 11.5. The van der Waals surface area contributed by atoms with Gasteiger partial charge in [-0.1, -0.05) is 11.6 Å². The minimum atomic E-state index is -0.580. The van der Waals surface area contributed by atoms with Crippen LogP contribution >= 0.6 is 23.2 Å². The predicted molar refractivity (Wildman–Crippen MR) is 166 cm³/mol. The molecular formula is C29H37Cl2N7O5. The molecule has 1 aliphatic heterocycles. The molecule has 0 radical (unpaired) electrons. The summed E-state index contributed by atoms with van der Waals surface area (Å²) in [5.74, 6) is 0.235. The van der Waals surface area contributed by atoms with Crippen molar-refractivity contribution in [2.24, 2.45) is 5.92 Å². The highest BCUT2D eigenvalue weighted by molar-refractivity contribution is 6.33. The predicted octanol–water partition coefficient (Wildman–Crippen LogP) is 4.20. The number of ether oxygens (including phenoxy) is 2. The maximum Gasteiger partial charge on any atom is 0.410 e. The highest BCUT2D eigenvalue weighted by Gasteiger charge is 2.30. The Bertz CT molecular complexity index is 1540. The minimum Gasteiger partial charge on any atom is -0.478 e. The molecule has 3 aromatic rings. The number of nitrogens with one attached hydrogen (secondary N) is 3. The van der Waals surface area contributed by atoms with Gasteiger partial charge in [-0.3, -0.25) is 9.59 Å². The Morgan fingerprint density at radius 1 is 1.21 bits per heavy atom. The molecule has 1 saturated heterocycles. The summed E-state index contributed by atoms with van der Waals surface area (Å²) < 4.78 is 12.9. The zero-order valence-corrected chi connectivity index (χ0v) is 26.4. The van der Waals surface area contributed by atoms with Crippen LogP contribution in [0.1, 0.15) is 33.6 Å². The fourth-order valence-corrected chi connectivity index (χ4v) is 5.14. The van der Waals surface area contributed by atoms with E-state index in [9.17, 15) is 14.4 Å². The Morgan fingerprint density at radius 3 is 2.70 bits per heavy atom. The zero-order valence-electron chi connectivity index (χ0n) is 24.9. The summed E-state index contributed by atoms with van der Waals surface area (Å²) in [7, 11) is 3.25. The van der Waals surface area contributed by atoms with Gasteiger partial charge in [-0.15, -0.1) is 0 Å². The molecule has 2 aromatic heterocycles. The zero-order chi connectivity index (χ0) is 31.3. The molecule has 3 heterocycles. The summed E-state index contributed by atoms with van der Waals surface area (Å²) >= 11 is 12.2. The Kier molecular flexibility index (Phi) is 10.4. The van der Waals surface area contributed by atoms with E-state index in [-0.39, 0.29) is 47.2 Å². The van der Waals surface area contributed by atoms with E-state index in [1.165, 1.54) is 13.2 Å². The third kappa shape index (κ3) is 8.49. The fraction of sp³-hybridized carbons (Fsp3) is 0.483. The van der Waals surface area contributed by atoms with Crippen LogP contribution in [0.5, 0.6) is 5.75 Å². The van der Waals surface area contributed by atoms with Crippen LogP contribution in [-0.2, 0) is 16.1 Å². The van der Waals surface area contributed by atoms with Gasteiger partial charge in [-0.25, -0.2) is 9.78 Å². The number of rotatable bonds is 9. The van der Waals surface area contributed by atoms with Crippen molar-refractivity contribution >= 4 is 57.6 Å². The number of halogens is 2. The second kappa shape index (κ2) is 13.8. The first kappa shape index (κ1) is 32.3. The van der Waals surface area contributed by atoms with Crippen molar-refractivity contribution in [3.63, 3.8) is 0 Å². The average Bonchev–Trinajstić information content (AvgIpc) is 2.96. The molecule has 43 heavy (non-hydrogen) atoms. The minimum absolute atomic E-state index is 0.0416. The lowest BCUT2D eigenvalue weighted by molar-refractivity contribution is -0.122. The number of anilines is 2. The molecule has 0 aliphatic carbocycles. The first-order valence-corrected chi connectivity index (χ1v) is 14.7. The quantitative estimate of drug-likeness (QED) is 0.296. The molecule has 0 unspecified atom stereocenters. The van der Waals surface area contributed by atoms with Crippen molar-refractivity contribution in [3.8, 4) is 5.75 Å². The van der Waals surface area contributed by atoms with E-state index in [4.69, 9.17) is 32.7 Å². The van der Waals surface area contributed by atoms with Crippen molar-refractivity contribution in [1.29, 1.82) is 0 Å². The lowest BCUT2D eigenvalue weighted by Crippen LogP contribution is -2.50. The number of likely N-dealkylation sites (N-methyl/N-ethyl adjacent to an activating group) is 2. The second-order valence-corrected chi connectivity index (χ2v) is 12.2. The van der Waals surface area contributed by atoms with E-state index < -0.39 is 5.60 Å². The van der Waals surface area contributed by atoms with Crippen molar-refractivity contribution in [2.75, 3.05) is 39.1 Å². The number of fused-ring (bicyclic) bond motifs is 1. The number of aromatic nitrogens is 3. The van der Waals surface area contributed by atoms with Gasteiger partial charge in [0, 0.05) is 44.3 Å². The molecule has 1 aliphatic rings. The number of carbonyl (C=O) groups is 2. The number of hydrogen-bond donors (Lipinski definition) is 3. The standard InChI is InChI=1S/C29H37Cl2N7O5/c1-29(2,3)43-28(41)37(5)20-10-17(13-33-14-20)8-9-38-22-7-6-19(35-25-21(30)15-34-27(31)36-25)11-18(22)12-23(26(38)40)42-16-24(39)32-4/h6-7,11-12,15,17,20,33H,8-10,13-14,16H2,1-5H3,(H,32,39)(H,34,35,36)/t17-,20-/m1/s1. The van der Waals surface area contributed by atoms with Crippen LogP contribution in [0.2, 0.25) is 10.3 Å². The van der Waals surface area contributed by atoms with Gasteiger partial charge in [-0.2, -0.15) is 4.98 Å². The molecule has 1 aromatic carbocycles. The van der Waals surface area contributed by atoms with Gasteiger partial charge >= 0.3 is 6.09 Å². The maximum absolute atomic E-state index is 13.6. The van der Waals surface area contributed by atoms with Crippen molar-refractivity contribution in [3.05, 3.63) is 51.1 Å². The van der Waals surface area contributed by atoms with Gasteiger partial charge in [0.15, 0.2) is 18.2 Å². The van der Waals surface area contributed by atoms with Crippen LogP contribution in [0.15, 0.2) is 35.3 Å². The maximum atomic E-state index is 13.6. The van der Waals surface area contributed by atoms with Crippen molar-refractivity contribution < 1.29 is 19.1 Å². The van der Waals surface area contributed by atoms with Crippen molar-refractivity contribution in [1.82, 2.24) is 30.1 Å². The molecule has 0 spiro atoms. The van der Waals surface area contributed by atoms with Crippen LogP contribution < -0.4 is 26.2 Å². The smallest absolute Gasteiger partial charge is 0.410 e. The highest BCUT2D eigenvalue weighted by atomic mass is 35.5. The van der Waals surface area contributed by atoms with Crippen LogP contribution in [0.3, 0.4) is 0 Å². The van der Waals surface area contributed by atoms with E-state index in [1.54, 1.807) is 22.6 Å². The molecule has 1 fully saturated rings. The Morgan fingerprint density at radius 2 is 1.98 bits per heavy atom. The molecule has 232 valence electrons. The number of pyridine rings is 1. The van der Waals surface area contributed by atoms with Crippen LogP contribution in [0.4, 0.5) is 16.3 Å². The van der Waals surface area contributed by atoms with E-state index in [2.05, 4.69) is 25.9 Å². The largest absolute Gasteiger partial charge is 0.478 e. The molecular weight excluding hydrogens is 597 g/mol. The number of carbonyl (C=O) groups excluding carboxylic acids is 2. The molecule has 4 rings (SSSR count). The molecule has 2 amide bonds. The summed E-state index contributed by atoms with van der Waals surface area (Å²) in [5.41, 5.74) is 0.426. The van der Waals surface area contributed by atoms with E-state index in [0.717, 1.165) is 13.0 Å². The number of benzene rings is 1. The van der Waals surface area contributed by atoms with Crippen molar-refractivity contribution in [2.45, 2.75) is 51.8 Å². The lowest BCUT2D eigenvalue weighted by atomic mass is 9.92. The number of aryl methyl sites for hydroxylation is 1. The van der Waals surface area contributed by atoms with Gasteiger partial charge in [0.2, 0.25) is 5.28 Å². The van der Waals surface area contributed by atoms with Gasteiger partial charge in [0.25, 0.3) is 11.5 Å². The van der Waals surface area contributed by atoms with Crippen LogP contribution in [0, 0.1) is 5.92 Å². The Labute approximate surface area is 260 Å². The molecule has 0 bridgehead atoms. The van der Waals surface area contributed by atoms with Crippen LogP contribution in [0.25, 0.3) is 10.9 Å². The third-order valence-corrected chi connectivity index (χ3v) is 7.54. The Balaban J connectivity index is 1.58. The monoisotopic (exact) mass is 633 g/mol. The fourth-order valence-electron chi connectivity index (χ4n) is 4.87. The topological polar surface area (TPSA) is 140 Å². The van der Waals surface area contributed by atoms with E-state index in [1.807, 2.05) is 39.0 Å². The van der Waals surface area contributed by atoms with Gasteiger partial charge in [-0.05, 0) is 81.9 Å². The van der Waals surface area contributed by atoms with E-state index >= 15 is 0 Å². The first-order valence-electron chi connectivity index (χ1n) is 14.0. The van der Waals surface area contributed by atoms with Gasteiger partial charge in [0.1, 0.15) is 10.6 Å². The summed E-state index contributed by atoms with van der Waals surface area (Å²) in [6.07, 6.45) is 2.48. The third-order valence-electron chi connectivity index (χ3n) is 7.08. The molecule has 0 saturated carbocycles. The van der Waals surface area contributed by atoms with Gasteiger partial charge in [0.05, 0.1) is 11.7 Å². The number of piperidine rings is 1. The molecule has 3 N–H and O–H groups in total. The normalized spacial score (nSPS) is 16.9. The molecule has 12 nitrogen and oxygen atoms in total. The lowest BCUT2D eigenvalue weighted by Gasteiger charge is -2.36. The number of hydrogen-bond acceptors (Lipinski definition) is 9. The van der Waals surface area contributed by atoms with Crippen LogP contribution in [-0.4, -0.2) is 76.9 Å². The van der Waals surface area contributed by atoms with E-state index in [0.29, 0.717) is 46.9 Å². The summed E-state index contributed by atoms with van der Waals surface area (Å²) in [5, 5.41) is 10.1. The number of amides is 2. The first-order chi connectivity index (χ1) is 20.3. The number of nitrogens with zero attached hydrogens (tertiary/aromatic N) is 4. The Hall–Kier alpha value is -3.61.